The maximum absolute atomic E-state index is 13.1. The standard InChI is InChI=1S/C22H21ClN4O4/c1-12-20(13-4-6-14(30-2)7-5-13)26-27-18(11-19(28)25-21(12)27)22(29)24-17-10-15(31-3)8-9-16(17)23/h4-10,18H,11H2,1-3H3,(H,24,29)(H,25,28)/t18-/m0/s1. The third-order valence-electron chi connectivity index (χ3n) is 5.18. The van der Waals surface area contributed by atoms with Crippen LogP contribution in [0, 0.1) is 6.92 Å². The second-order valence-corrected chi connectivity index (χ2v) is 7.51. The molecule has 0 unspecified atom stereocenters. The van der Waals surface area contributed by atoms with Gasteiger partial charge < -0.3 is 20.1 Å². The highest BCUT2D eigenvalue weighted by Gasteiger charge is 2.34. The molecule has 1 aliphatic rings. The highest BCUT2D eigenvalue weighted by atomic mass is 35.5. The predicted octanol–water partition coefficient (Wildman–Crippen LogP) is 4.05. The van der Waals surface area contributed by atoms with Gasteiger partial charge in [-0.05, 0) is 43.3 Å². The van der Waals surface area contributed by atoms with Crippen molar-refractivity contribution in [3.63, 3.8) is 0 Å². The van der Waals surface area contributed by atoms with Crippen LogP contribution in [0.15, 0.2) is 42.5 Å². The first kappa shape index (κ1) is 20.7. The maximum Gasteiger partial charge on any atom is 0.249 e. The molecular formula is C22H21ClN4O4. The zero-order valence-corrected chi connectivity index (χ0v) is 18.0. The molecule has 0 aliphatic carbocycles. The van der Waals surface area contributed by atoms with Gasteiger partial charge in [-0.25, -0.2) is 4.68 Å². The fourth-order valence-corrected chi connectivity index (χ4v) is 3.67. The number of rotatable bonds is 5. The molecule has 160 valence electrons. The third-order valence-corrected chi connectivity index (χ3v) is 5.51. The molecule has 0 radical (unpaired) electrons. The van der Waals surface area contributed by atoms with Gasteiger partial charge in [0.1, 0.15) is 23.4 Å². The Morgan fingerprint density at radius 3 is 2.52 bits per heavy atom. The van der Waals surface area contributed by atoms with Crippen LogP contribution < -0.4 is 20.1 Å². The van der Waals surface area contributed by atoms with Crippen molar-refractivity contribution in [3.05, 3.63) is 53.1 Å². The summed E-state index contributed by atoms with van der Waals surface area (Å²) in [6.07, 6.45) is -0.0381. The van der Waals surface area contributed by atoms with E-state index in [0.29, 0.717) is 28.0 Å². The van der Waals surface area contributed by atoms with E-state index in [-0.39, 0.29) is 12.3 Å². The number of nitrogens with one attached hydrogen (secondary N) is 2. The van der Waals surface area contributed by atoms with Crippen molar-refractivity contribution in [2.24, 2.45) is 0 Å². The molecule has 2 heterocycles. The quantitative estimate of drug-likeness (QED) is 0.624. The summed E-state index contributed by atoms with van der Waals surface area (Å²) in [5, 5.41) is 10.6. The summed E-state index contributed by atoms with van der Waals surface area (Å²) in [6, 6.07) is 11.6. The van der Waals surface area contributed by atoms with E-state index in [1.54, 1.807) is 30.0 Å². The number of aromatic nitrogens is 2. The molecular weight excluding hydrogens is 420 g/mol. The van der Waals surface area contributed by atoms with Gasteiger partial charge in [0, 0.05) is 17.2 Å². The Labute approximate surface area is 184 Å². The highest BCUT2D eigenvalue weighted by Crippen LogP contribution is 2.35. The average Bonchev–Trinajstić information content (AvgIpc) is 3.11. The zero-order valence-electron chi connectivity index (χ0n) is 17.2. The Morgan fingerprint density at radius 1 is 1.16 bits per heavy atom. The summed E-state index contributed by atoms with van der Waals surface area (Å²) in [5.74, 6) is 1.13. The van der Waals surface area contributed by atoms with Gasteiger partial charge in [-0.15, -0.1) is 0 Å². The van der Waals surface area contributed by atoms with E-state index >= 15 is 0 Å². The number of carbonyl (C=O) groups excluding carboxylic acids is 2. The summed E-state index contributed by atoms with van der Waals surface area (Å²) < 4.78 is 12.0. The van der Waals surface area contributed by atoms with E-state index < -0.39 is 11.9 Å². The number of halogens is 1. The first-order chi connectivity index (χ1) is 14.9. The van der Waals surface area contributed by atoms with Crippen LogP contribution in [0.4, 0.5) is 11.5 Å². The number of methoxy groups -OCH3 is 2. The molecule has 2 aromatic carbocycles. The van der Waals surface area contributed by atoms with Crippen molar-refractivity contribution in [1.29, 1.82) is 0 Å². The number of anilines is 2. The fourth-order valence-electron chi connectivity index (χ4n) is 3.51. The van der Waals surface area contributed by atoms with Crippen LogP contribution in [-0.2, 0) is 9.59 Å². The van der Waals surface area contributed by atoms with Crippen molar-refractivity contribution in [2.45, 2.75) is 19.4 Å². The molecule has 9 heteroatoms. The maximum atomic E-state index is 13.1. The van der Waals surface area contributed by atoms with Gasteiger partial charge in [0.05, 0.1) is 37.0 Å². The van der Waals surface area contributed by atoms with Crippen LogP contribution in [0.2, 0.25) is 5.02 Å². The van der Waals surface area contributed by atoms with Gasteiger partial charge in [0.2, 0.25) is 11.8 Å². The highest BCUT2D eigenvalue weighted by molar-refractivity contribution is 6.33. The molecule has 4 rings (SSSR count). The van der Waals surface area contributed by atoms with Crippen LogP contribution in [0.1, 0.15) is 18.0 Å². The summed E-state index contributed by atoms with van der Waals surface area (Å²) in [4.78, 5) is 25.4. The molecule has 1 aromatic heterocycles. The third kappa shape index (κ3) is 3.94. The summed E-state index contributed by atoms with van der Waals surface area (Å²) in [5.41, 5.74) is 2.70. The Morgan fingerprint density at radius 2 is 1.84 bits per heavy atom. The number of benzene rings is 2. The first-order valence-electron chi connectivity index (χ1n) is 9.59. The number of hydrogen-bond donors (Lipinski definition) is 2. The van der Waals surface area contributed by atoms with Crippen LogP contribution in [0.5, 0.6) is 11.5 Å². The zero-order chi connectivity index (χ0) is 22.1. The molecule has 3 aromatic rings. The average molecular weight is 441 g/mol. The molecule has 31 heavy (non-hydrogen) atoms. The Hall–Kier alpha value is -3.52. The number of carbonyl (C=O) groups is 2. The fraction of sp³-hybridized carbons (Fsp3) is 0.227. The van der Waals surface area contributed by atoms with Gasteiger partial charge in [0.25, 0.3) is 0 Å². The second-order valence-electron chi connectivity index (χ2n) is 7.10. The van der Waals surface area contributed by atoms with Crippen LogP contribution in [0.25, 0.3) is 11.3 Å². The molecule has 0 saturated heterocycles. The number of amides is 2. The van der Waals surface area contributed by atoms with Crippen LogP contribution in [-0.4, -0.2) is 35.8 Å². The number of ether oxygens (including phenoxy) is 2. The molecule has 0 saturated carbocycles. The number of fused-ring (bicyclic) bond motifs is 1. The van der Waals surface area contributed by atoms with E-state index in [2.05, 4.69) is 15.7 Å². The molecule has 8 nitrogen and oxygen atoms in total. The van der Waals surface area contributed by atoms with E-state index in [1.165, 1.54) is 7.11 Å². The molecule has 2 amide bonds. The van der Waals surface area contributed by atoms with E-state index in [1.807, 2.05) is 31.2 Å². The van der Waals surface area contributed by atoms with Gasteiger partial charge in [-0.2, -0.15) is 5.10 Å². The normalized spacial score (nSPS) is 15.1. The summed E-state index contributed by atoms with van der Waals surface area (Å²) >= 11 is 6.22. The van der Waals surface area contributed by atoms with Gasteiger partial charge in [-0.3, -0.25) is 9.59 Å². The lowest BCUT2D eigenvalue weighted by Crippen LogP contribution is -2.36. The lowest BCUT2D eigenvalue weighted by Gasteiger charge is -2.24. The lowest BCUT2D eigenvalue weighted by atomic mass is 10.1. The van der Waals surface area contributed by atoms with Crippen molar-refractivity contribution in [1.82, 2.24) is 9.78 Å². The van der Waals surface area contributed by atoms with Gasteiger partial charge >= 0.3 is 0 Å². The van der Waals surface area contributed by atoms with E-state index in [4.69, 9.17) is 21.1 Å². The van der Waals surface area contributed by atoms with Gasteiger partial charge in [0.15, 0.2) is 0 Å². The summed E-state index contributed by atoms with van der Waals surface area (Å²) in [7, 11) is 3.13. The minimum absolute atomic E-state index is 0.0381. The van der Waals surface area contributed by atoms with Crippen molar-refractivity contribution in [3.8, 4) is 22.8 Å². The first-order valence-corrected chi connectivity index (χ1v) is 9.97. The SMILES string of the molecule is COc1ccc(-c2nn3c(c2C)NC(=O)C[C@H]3C(=O)Nc2cc(OC)ccc2Cl)cc1. The van der Waals surface area contributed by atoms with Crippen molar-refractivity contribution < 1.29 is 19.1 Å². The lowest BCUT2D eigenvalue weighted by molar-refractivity contribution is -0.125. The van der Waals surface area contributed by atoms with Crippen LogP contribution >= 0.6 is 11.6 Å². The predicted molar refractivity (Wildman–Crippen MR) is 118 cm³/mol. The molecule has 2 N–H and O–H groups in total. The number of nitrogens with zero attached hydrogens (tertiary/aromatic N) is 2. The molecule has 1 atom stereocenters. The second kappa shape index (κ2) is 8.31. The van der Waals surface area contributed by atoms with Crippen molar-refractivity contribution in [2.75, 3.05) is 24.9 Å². The molecule has 0 bridgehead atoms. The molecule has 0 fully saturated rings. The smallest absolute Gasteiger partial charge is 0.249 e. The Kier molecular flexibility index (Phi) is 5.56. The van der Waals surface area contributed by atoms with Gasteiger partial charge in [-0.1, -0.05) is 11.6 Å². The topological polar surface area (TPSA) is 94.5 Å². The van der Waals surface area contributed by atoms with Crippen molar-refractivity contribution >= 4 is 34.9 Å². The van der Waals surface area contributed by atoms with E-state index in [9.17, 15) is 9.59 Å². The van der Waals surface area contributed by atoms with E-state index in [0.717, 1.165) is 16.9 Å². The monoisotopic (exact) mass is 440 g/mol. The molecule has 1 aliphatic heterocycles. The Bertz CT molecular complexity index is 1160. The minimum atomic E-state index is -0.822. The number of hydrogen-bond acceptors (Lipinski definition) is 5. The van der Waals surface area contributed by atoms with Crippen LogP contribution in [0.3, 0.4) is 0 Å². The largest absolute Gasteiger partial charge is 0.497 e. The Balaban J connectivity index is 1.68. The summed E-state index contributed by atoms with van der Waals surface area (Å²) in [6.45, 7) is 1.86. The molecule has 0 spiro atoms. The minimum Gasteiger partial charge on any atom is -0.497 e.